The first-order chi connectivity index (χ1) is 12.4. The third kappa shape index (κ3) is 6.84. The Hall–Kier alpha value is -2.41. The molecule has 26 heavy (non-hydrogen) atoms. The van der Waals surface area contributed by atoms with E-state index in [1.807, 2.05) is 50.2 Å². The number of hydrogen-bond acceptors (Lipinski definition) is 5. The average molecular weight is 373 g/mol. The summed E-state index contributed by atoms with van der Waals surface area (Å²) in [7, 11) is 0. The molecule has 0 aliphatic rings. The predicted molar refractivity (Wildman–Crippen MR) is 101 cm³/mol. The number of benzene rings is 1. The van der Waals surface area contributed by atoms with E-state index in [-0.39, 0.29) is 18.1 Å². The molecule has 138 valence electrons. The van der Waals surface area contributed by atoms with Crippen LogP contribution in [0.4, 0.5) is 0 Å². The first-order valence-corrected chi connectivity index (χ1v) is 9.41. The van der Waals surface area contributed by atoms with E-state index >= 15 is 0 Å². The Morgan fingerprint density at radius 3 is 2.38 bits per heavy atom. The molecule has 0 bridgehead atoms. The maximum absolute atomic E-state index is 12.7. The van der Waals surface area contributed by atoms with E-state index in [0.29, 0.717) is 24.7 Å². The Bertz CT molecular complexity index is 733. The van der Waals surface area contributed by atoms with Crippen LogP contribution in [0.5, 0.6) is 0 Å². The van der Waals surface area contributed by atoms with Gasteiger partial charge in [-0.15, -0.1) is 0 Å². The maximum atomic E-state index is 12.7. The minimum Gasteiger partial charge on any atom is -0.481 e. The largest absolute Gasteiger partial charge is 0.481 e. The van der Waals surface area contributed by atoms with E-state index in [2.05, 4.69) is 9.97 Å². The van der Waals surface area contributed by atoms with Crippen molar-refractivity contribution in [2.24, 2.45) is 0 Å². The van der Waals surface area contributed by atoms with E-state index in [9.17, 15) is 9.59 Å². The van der Waals surface area contributed by atoms with Gasteiger partial charge in [0.05, 0.1) is 5.75 Å². The fourth-order valence-corrected chi connectivity index (χ4v) is 3.34. The van der Waals surface area contributed by atoms with Crippen molar-refractivity contribution < 1.29 is 14.7 Å². The summed E-state index contributed by atoms with van der Waals surface area (Å²) in [6, 6.07) is 11.6. The van der Waals surface area contributed by atoms with Gasteiger partial charge < -0.3 is 10.0 Å². The molecule has 0 spiro atoms. The number of carboxylic acid groups (broad SMARTS) is 1. The summed E-state index contributed by atoms with van der Waals surface area (Å²) >= 11 is 1.31. The standard InChI is InChI=1S/C19H23N3O3S/c1-14-11-15(2)21-19(20-14)26-13-17(23)22(10-6-9-18(24)25)12-16-7-4-3-5-8-16/h3-5,7-8,11H,6,9-10,12-13H2,1-2H3,(H,24,25). The molecule has 2 aromatic rings. The molecular weight excluding hydrogens is 350 g/mol. The molecule has 1 N–H and O–H groups in total. The fraction of sp³-hybridized carbons (Fsp3) is 0.368. The highest BCUT2D eigenvalue weighted by molar-refractivity contribution is 7.99. The van der Waals surface area contributed by atoms with Crippen LogP contribution in [-0.2, 0) is 16.1 Å². The number of thioether (sulfide) groups is 1. The lowest BCUT2D eigenvalue weighted by Crippen LogP contribution is -2.33. The van der Waals surface area contributed by atoms with Gasteiger partial charge in [0.15, 0.2) is 5.16 Å². The summed E-state index contributed by atoms with van der Waals surface area (Å²) < 4.78 is 0. The zero-order chi connectivity index (χ0) is 18.9. The van der Waals surface area contributed by atoms with Gasteiger partial charge in [0, 0.05) is 30.9 Å². The van der Waals surface area contributed by atoms with Crippen molar-refractivity contribution in [2.75, 3.05) is 12.3 Å². The Kier molecular flexibility index (Phi) is 7.59. The third-order valence-electron chi connectivity index (χ3n) is 3.67. The van der Waals surface area contributed by atoms with Gasteiger partial charge in [0.2, 0.25) is 5.91 Å². The SMILES string of the molecule is Cc1cc(C)nc(SCC(=O)N(CCCC(=O)O)Cc2ccccc2)n1. The van der Waals surface area contributed by atoms with Crippen molar-refractivity contribution >= 4 is 23.6 Å². The molecule has 0 aliphatic carbocycles. The van der Waals surface area contributed by atoms with Crippen LogP contribution in [0.3, 0.4) is 0 Å². The van der Waals surface area contributed by atoms with E-state index < -0.39 is 5.97 Å². The number of nitrogens with zero attached hydrogens (tertiary/aromatic N) is 3. The Morgan fingerprint density at radius 2 is 1.77 bits per heavy atom. The van der Waals surface area contributed by atoms with E-state index in [1.54, 1.807) is 4.90 Å². The maximum Gasteiger partial charge on any atom is 0.303 e. The number of hydrogen-bond donors (Lipinski definition) is 1. The van der Waals surface area contributed by atoms with Crippen LogP contribution < -0.4 is 0 Å². The highest BCUT2D eigenvalue weighted by Gasteiger charge is 2.16. The van der Waals surface area contributed by atoms with Crippen molar-refractivity contribution in [1.82, 2.24) is 14.9 Å². The molecular formula is C19H23N3O3S. The van der Waals surface area contributed by atoms with Crippen molar-refractivity contribution in [3.63, 3.8) is 0 Å². The van der Waals surface area contributed by atoms with Gasteiger partial charge in [-0.2, -0.15) is 0 Å². The smallest absolute Gasteiger partial charge is 0.303 e. The minimum absolute atomic E-state index is 0.0475. The molecule has 0 atom stereocenters. The molecule has 6 nitrogen and oxygen atoms in total. The molecule has 0 aliphatic heterocycles. The highest BCUT2D eigenvalue weighted by atomic mass is 32.2. The molecule has 1 aromatic carbocycles. The van der Waals surface area contributed by atoms with Crippen molar-refractivity contribution in [3.05, 3.63) is 53.3 Å². The lowest BCUT2D eigenvalue weighted by molar-refractivity contribution is -0.138. The minimum atomic E-state index is -0.852. The summed E-state index contributed by atoms with van der Waals surface area (Å²) in [6.45, 7) is 4.67. The summed E-state index contributed by atoms with van der Waals surface area (Å²) in [5, 5.41) is 9.42. The van der Waals surface area contributed by atoms with Crippen LogP contribution in [0.25, 0.3) is 0 Å². The zero-order valence-electron chi connectivity index (χ0n) is 15.0. The molecule has 1 amide bonds. The highest BCUT2D eigenvalue weighted by Crippen LogP contribution is 2.16. The number of carbonyl (C=O) groups excluding carboxylic acids is 1. The average Bonchev–Trinajstić information content (AvgIpc) is 2.58. The second-order valence-corrected chi connectivity index (χ2v) is 6.96. The normalized spacial score (nSPS) is 10.5. The Morgan fingerprint density at radius 1 is 1.12 bits per heavy atom. The van der Waals surface area contributed by atoms with Gasteiger partial charge in [0.25, 0.3) is 0 Å². The van der Waals surface area contributed by atoms with Gasteiger partial charge in [-0.25, -0.2) is 9.97 Å². The summed E-state index contributed by atoms with van der Waals surface area (Å²) in [4.78, 5) is 33.8. The number of amides is 1. The van der Waals surface area contributed by atoms with Crippen LogP contribution in [0.15, 0.2) is 41.6 Å². The van der Waals surface area contributed by atoms with Gasteiger partial charge in [0.1, 0.15) is 0 Å². The lowest BCUT2D eigenvalue weighted by Gasteiger charge is -2.22. The molecule has 1 heterocycles. The Labute approximate surface area is 157 Å². The van der Waals surface area contributed by atoms with Crippen molar-refractivity contribution in [3.8, 4) is 0 Å². The Balaban J connectivity index is 1.99. The van der Waals surface area contributed by atoms with E-state index in [4.69, 9.17) is 5.11 Å². The predicted octanol–water partition coefficient (Wildman–Crippen LogP) is 3.08. The quantitative estimate of drug-likeness (QED) is 0.537. The van der Waals surface area contributed by atoms with Crippen molar-refractivity contribution in [1.29, 1.82) is 0 Å². The van der Waals surface area contributed by atoms with Gasteiger partial charge in [-0.05, 0) is 31.9 Å². The summed E-state index contributed by atoms with van der Waals surface area (Å²) in [5.41, 5.74) is 2.76. The van der Waals surface area contributed by atoms with E-state index in [0.717, 1.165) is 17.0 Å². The summed E-state index contributed by atoms with van der Waals surface area (Å²) in [6.07, 6.45) is 0.477. The third-order valence-corrected chi connectivity index (χ3v) is 4.51. The van der Waals surface area contributed by atoms with Crippen LogP contribution in [0, 0.1) is 13.8 Å². The molecule has 0 saturated heterocycles. The number of carboxylic acids is 1. The van der Waals surface area contributed by atoms with Gasteiger partial charge in [-0.1, -0.05) is 42.1 Å². The molecule has 2 rings (SSSR count). The van der Waals surface area contributed by atoms with E-state index in [1.165, 1.54) is 11.8 Å². The van der Waals surface area contributed by atoms with Gasteiger partial charge >= 0.3 is 5.97 Å². The first-order valence-electron chi connectivity index (χ1n) is 8.42. The molecule has 0 saturated carbocycles. The van der Waals surface area contributed by atoms with Crippen LogP contribution in [-0.4, -0.2) is 44.1 Å². The summed E-state index contributed by atoms with van der Waals surface area (Å²) in [5.74, 6) is -0.676. The number of carbonyl (C=O) groups is 2. The molecule has 0 unspecified atom stereocenters. The molecule has 0 fully saturated rings. The zero-order valence-corrected chi connectivity index (χ0v) is 15.8. The monoisotopic (exact) mass is 373 g/mol. The molecule has 7 heteroatoms. The molecule has 0 radical (unpaired) electrons. The number of aryl methyl sites for hydroxylation is 2. The fourth-order valence-electron chi connectivity index (χ4n) is 2.49. The molecule has 1 aromatic heterocycles. The van der Waals surface area contributed by atoms with Crippen LogP contribution in [0.2, 0.25) is 0 Å². The topological polar surface area (TPSA) is 83.4 Å². The first kappa shape index (κ1) is 19.9. The van der Waals surface area contributed by atoms with Gasteiger partial charge in [-0.3, -0.25) is 9.59 Å². The number of aromatic nitrogens is 2. The second-order valence-electron chi connectivity index (χ2n) is 6.02. The number of rotatable bonds is 9. The lowest BCUT2D eigenvalue weighted by atomic mass is 10.2. The second kappa shape index (κ2) is 9.91. The van der Waals surface area contributed by atoms with Crippen LogP contribution in [0.1, 0.15) is 29.8 Å². The number of aliphatic carboxylic acids is 1. The van der Waals surface area contributed by atoms with Crippen LogP contribution >= 0.6 is 11.8 Å². The van der Waals surface area contributed by atoms with Crippen molar-refractivity contribution in [2.45, 2.75) is 38.4 Å².